The predicted octanol–water partition coefficient (Wildman–Crippen LogP) is 1.31. The molecule has 3 amide bonds. The van der Waals surface area contributed by atoms with Gasteiger partial charge in [0.15, 0.2) is 5.11 Å². The zero-order valence-electron chi connectivity index (χ0n) is 16.9. The standard InChI is InChI=1S/C22H22N4O4S/c1-2-7-26-21(29)17(20(28)23-22(26)31)12-15-13-25(18-6-4-3-5-16(15)18)14-19(27)24-8-10-30-11-9-24/h2-6,12-13H,1,7-11,14H2,(H,23,28,31). The summed E-state index contributed by atoms with van der Waals surface area (Å²) >= 11 is 5.10. The van der Waals surface area contributed by atoms with Crippen LogP contribution in [-0.4, -0.2) is 70.0 Å². The lowest BCUT2D eigenvalue weighted by atomic mass is 10.1. The second kappa shape index (κ2) is 8.83. The molecule has 160 valence electrons. The number of nitrogens with one attached hydrogen (secondary N) is 1. The normalized spacial score (nSPS) is 18.6. The van der Waals surface area contributed by atoms with E-state index in [-0.39, 0.29) is 29.7 Å². The quantitative estimate of drug-likeness (QED) is 0.329. The Hall–Kier alpha value is -3.30. The highest BCUT2D eigenvalue weighted by Gasteiger charge is 2.33. The smallest absolute Gasteiger partial charge is 0.265 e. The first kappa shape index (κ1) is 21.0. The molecule has 9 heteroatoms. The molecule has 0 radical (unpaired) electrons. The number of fused-ring (bicyclic) bond motifs is 1. The Kier molecular flexibility index (Phi) is 5.97. The first-order chi connectivity index (χ1) is 15.0. The summed E-state index contributed by atoms with van der Waals surface area (Å²) in [6.45, 7) is 6.21. The second-order valence-corrected chi connectivity index (χ2v) is 7.63. The van der Waals surface area contributed by atoms with Crippen LogP contribution in [0.25, 0.3) is 17.0 Å². The van der Waals surface area contributed by atoms with Crippen LogP contribution in [0.1, 0.15) is 5.56 Å². The maximum absolute atomic E-state index is 12.8. The molecule has 0 atom stereocenters. The third-order valence-corrected chi connectivity index (χ3v) is 5.61. The fourth-order valence-corrected chi connectivity index (χ4v) is 3.97. The van der Waals surface area contributed by atoms with Crippen LogP contribution in [0.2, 0.25) is 0 Å². The Morgan fingerprint density at radius 2 is 1.97 bits per heavy atom. The van der Waals surface area contributed by atoms with Crippen molar-refractivity contribution in [3.05, 3.63) is 54.3 Å². The number of hydrogen-bond acceptors (Lipinski definition) is 5. The first-order valence-corrected chi connectivity index (χ1v) is 10.3. The number of morpholine rings is 1. The Morgan fingerprint density at radius 3 is 2.71 bits per heavy atom. The first-order valence-electron chi connectivity index (χ1n) is 9.92. The SMILES string of the molecule is C=CCN1C(=O)C(=Cc2cn(CC(=O)N3CCOCC3)c3ccccc23)C(=O)NC1=S. The summed E-state index contributed by atoms with van der Waals surface area (Å²) in [5.41, 5.74) is 1.51. The van der Waals surface area contributed by atoms with Crippen molar-refractivity contribution in [1.29, 1.82) is 0 Å². The van der Waals surface area contributed by atoms with Crippen molar-refractivity contribution in [2.75, 3.05) is 32.8 Å². The van der Waals surface area contributed by atoms with Gasteiger partial charge in [0.05, 0.1) is 13.2 Å². The Morgan fingerprint density at radius 1 is 1.23 bits per heavy atom. The summed E-state index contributed by atoms with van der Waals surface area (Å²) in [5.74, 6) is -1.02. The Balaban J connectivity index is 1.69. The van der Waals surface area contributed by atoms with E-state index >= 15 is 0 Å². The maximum atomic E-state index is 12.8. The minimum Gasteiger partial charge on any atom is -0.378 e. The largest absolute Gasteiger partial charge is 0.378 e. The average Bonchev–Trinajstić information content (AvgIpc) is 3.12. The summed E-state index contributed by atoms with van der Waals surface area (Å²) in [6, 6.07) is 7.57. The van der Waals surface area contributed by atoms with Gasteiger partial charge in [-0.3, -0.25) is 24.6 Å². The van der Waals surface area contributed by atoms with E-state index in [9.17, 15) is 14.4 Å². The number of amides is 3. The molecule has 4 rings (SSSR count). The van der Waals surface area contributed by atoms with Gasteiger partial charge in [0, 0.05) is 42.3 Å². The molecule has 1 N–H and O–H groups in total. The fourth-order valence-electron chi connectivity index (χ4n) is 3.72. The van der Waals surface area contributed by atoms with E-state index in [0.717, 1.165) is 10.9 Å². The van der Waals surface area contributed by atoms with Crippen molar-refractivity contribution in [2.45, 2.75) is 6.54 Å². The summed E-state index contributed by atoms with van der Waals surface area (Å²) in [5, 5.41) is 3.45. The van der Waals surface area contributed by atoms with Crippen LogP contribution in [0.4, 0.5) is 0 Å². The van der Waals surface area contributed by atoms with Crippen LogP contribution in [0.15, 0.2) is 48.7 Å². The molecule has 0 bridgehead atoms. The van der Waals surface area contributed by atoms with Gasteiger partial charge in [0.2, 0.25) is 5.91 Å². The molecule has 2 saturated heterocycles. The number of ether oxygens (including phenoxy) is 1. The van der Waals surface area contributed by atoms with Gasteiger partial charge in [-0.1, -0.05) is 24.3 Å². The summed E-state index contributed by atoms with van der Waals surface area (Å²) in [7, 11) is 0. The lowest BCUT2D eigenvalue weighted by Gasteiger charge is -2.27. The van der Waals surface area contributed by atoms with Gasteiger partial charge in [-0.05, 0) is 24.4 Å². The van der Waals surface area contributed by atoms with Crippen molar-refractivity contribution in [1.82, 2.24) is 19.7 Å². The van der Waals surface area contributed by atoms with Crippen LogP contribution < -0.4 is 5.32 Å². The van der Waals surface area contributed by atoms with Gasteiger partial charge in [0.1, 0.15) is 12.1 Å². The van der Waals surface area contributed by atoms with E-state index in [2.05, 4.69) is 11.9 Å². The minimum atomic E-state index is -0.545. The van der Waals surface area contributed by atoms with Crippen molar-refractivity contribution >= 4 is 52.0 Å². The Bertz CT molecular complexity index is 1110. The number of para-hydroxylation sites is 1. The highest BCUT2D eigenvalue weighted by molar-refractivity contribution is 7.80. The molecule has 2 aliphatic rings. The number of carbonyl (C=O) groups is 3. The van der Waals surface area contributed by atoms with Gasteiger partial charge < -0.3 is 14.2 Å². The van der Waals surface area contributed by atoms with Gasteiger partial charge in [0.25, 0.3) is 11.8 Å². The minimum absolute atomic E-state index is 0.00255. The molecule has 0 spiro atoms. The summed E-state index contributed by atoms with van der Waals surface area (Å²) in [6.07, 6.45) is 4.89. The van der Waals surface area contributed by atoms with E-state index in [1.54, 1.807) is 23.2 Å². The van der Waals surface area contributed by atoms with Crippen LogP contribution >= 0.6 is 12.2 Å². The topological polar surface area (TPSA) is 83.9 Å². The zero-order chi connectivity index (χ0) is 22.0. The molecule has 2 aliphatic heterocycles. The van der Waals surface area contributed by atoms with Gasteiger partial charge in [-0.2, -0.15) is 0 Å². The van der Waals surface area contributed by atoms with Crippen molar-refractivity contribution < 1.29 is 19.1 Å². The Labute approximate surface area is 184 Å². The van der Waals surface area contributed by atoms with Crippen molar-refractivity contribution in [3.8, 4) is 0 Å². The van der Waals surface area contributed by atoms with Crippen molar-refractivity contribution in [3.63, 3.8) is 0 Å². The number of aromatic nitrogens is 1. The third kappa shape index (κ3) is 4.14. The highest BCUT2D eigenvalue weighted by atomic mass is 32.1. The summed E-state index contributed by atoms with van der Waals surface area (Å²) in [4.78, 5) is 41.1. The number of rotatable bonds is 5. The van der Waals surface area contributed by atoms with Crippen LogP contribution in [0.5, 0.6) is 0 Å². The second-order valence-electron chi connectivity index (χ2n) is 7.24. The van der Waals surface area contributed by atoms with Gasteiger partial charge in [-0.15, -0.1) is 6.58 Å². The fraction of sp³-hybridized carbons (Fsp3) is 0.273. The summed E-state index contributed by atoms with van der Waals surface area (Å²) < 4.78 is 7.16. The molecule has 2 aromatic rings. The monoisotopic (exact) mass is 438 g/mol. The molecular weight excluding hydrogens is 416 g/mol. The van der Waals surface area contributed by atoms with Crippen LogP contribution in [0, 0.1) is 0 Å². The molecule has 8 nitrogen and oxygen atoms in total. The van der Waals surface area contributed by atoms with Gasteiger partial charge >= 0.3 is 0 Å². The van der Waals surface area contributed by atoms with Crippen LogP contribution in [-0.2, 0) is 25.7 Å². The zero-order valence-corrected chi connectivity index (χ0v) is 17.7. The lowest BCUT2D eigenvalue weighted by Crippen LogP contribution is -2.53. The van der Waals surface area contributed by atoms with E-state index in [1.807, 2.05) is 28.8 Å². The lowest BCUT2D eigenvalue weighted by molar-refractivity contribution is -0.135. The van der Waals surface area contributed by atoms with Gasteiger partial charge in [-0.25, -0.2) is 0 Å². The molecule has 31 heavy (non-hydrogen) atoms. The number of benzene rings is 1. The van der Waals surface area contributed by atoms with E-state index in [4.69, 9.17) is 17.0 Å². The average molecular weight is 439 g/mol. The number of hydrogen-bond donors (Lipinski definition) is 1. The molecular formula is C22H22N4O4S. The third-order valence-electron chi connectivity index (χ3n) is 5.29. The molecule has 0 saturated carbocycles. The van der Waals surface area contributed by atoms with E-state index in [1.165, 1.54) is 4.90 Å². The molecule has 1 aromatic carbocycles. The molecule has 0 aliphatic carbocycles. The van der Waals surface area contributed by atoms with E-state index in [0.29, 0.717) is 31.9 Å². The molecule has 2 fully saturated rings. The van der Waals surface area contributed by atoms with Crippen molar-refractivity contribution in [2.24, 2.45) is 0 Å². The molecule has 1 aromatic heterocycles. The molecule has 0 unspecified atom stereocenters. The van der Waals surface area contributed by atoms with E-state index < -0.39 is 11.8 Å². The number of thiocarbonyl (C=S) groups is 1. The number of carbonyl (C=O) groups excluding carboxylic acids is 3. The van der Waals surface area contributed by atoms with Crippen LogP contribution in [0.3, 0.4) is 0 Å². The predicted molar refractivity (Wildman–Crippen MR) is 120 cm³/mol. The number of nitrogens with zero attached hydrogens (tertiary/aromatic N) is 3. The maximum Gasteiger partial charge on any atom is 0.265 e. The molecule has 3 heterocycles. The highest BCUT2D eigenvalue weighted by Crippen LogP contribution is 2.25.